The van der Waals surface area contributed by atoms with Gasteiger partial charge in [0, 0.05) is 31.1 Å². The van der Waals surface area contributed by atoms with E-state index in [2.05, 4.69) is 23.9 Å². The van der Waals surface area contributed by atoms with E-state index in [4.69, 9.17) is 4.42 Å². The van der Waals surface area contributed by atoms with Crippen LogP contribution < -0.4 is 0 Å². The third-order valence-corrected chi connectivity index (χ3v) is 5.09. The highest BCUT2D eigenvalue weighted by Gasteiger charge is 2.28. The number of carbonyl (C=O) groups is 1. The molecule has 1 fully saturated rings. The van der Waals surface area contributed by atoms with Crippen LogP contribution in [-0.2, 0) is 6.54 Å². The minimum atomic E-state index is 0.0807. The first kappa shape index (κ1) is 15.2. The van der Waals surface area contributed by atoms with E-state index < -0.39 is 0 Å². The van der Waals surface area contributed by atoms with Gasteiger partial charge in [-0.25, -0.2) is 4.98 Å². The van der Waals surface area contributed by atoms with Gasteiger partial charge in [0.1, 0.15) is 6.26 Å². The van der Waals surface area contributed by atoms with Gasteiger partial charge in [-0.05, 0) is 32.4 Å². The molecule has 2 aromatic heterocycles. The average molecular weight is 319 g/mol. The lowest BCUT2D eigenvalue weighted by Gasteiger charge is -2.21. The number of carbonyl (C=O) groups excluding carboxylic acids is 1. The molecule has 0 saturated carbocycles. The molecule has 1 aliphatic rings. The van der Waals surface area contributed by atoms with E-state index in [1.165, 1.54) is 11.1 Å². The summed E-state index contributed by atoms with van der Waals surface area (Å²) >= 11 is 1.71. The molecule has 0 bridgehead atoms. The van der Waals surface area contributed by atoms with Crippen LogP contribution in [0.1, 0.15) is 27.3 Å². The Bertz CT molecular complexity index is 623. The Kier molecular flexibility index (Phi) is 4.59. The van der Waals surface area contributed by atoms with Crippen LogP contribution in [0, 0.1) is 12.8 Å². The summed E-state index contributed by atoms with van der Waals surface area (Å²) in [5.74, 6) is 0.617. The fourth-order valence-corrected chi connectivity index (χ4v) is 3.82. The van der Waals surface area contributed by atoms with E-state index in [1.807, 2.05) is 10.4 Å². The zero-order valence-electron chi connectivity index (χ0n) is 13.0. The number of furan rings is 1. The molecule has 0 aromatic carbocycles. The molecule has 1 amide bonds. The molecule has 0 radical (unpaired) electrons. The third kappa shape index (κ3) is 3.39. The molecule has 118 valence electrons. The SMILES string of the molecule is Cc1ncsc1CN(C)C[C@H]1CCN(C(=O)c2ccoc2)C1. The summed E-state index contributed by atoms with van der Waals surface area (Å²) in [5, 5.41) is 0. The molecule has 2 aromatic rings. The Hall–Kier alpha value is -1.66. The number of likely N-dealkylation sites (tertiary alicyclic amines) is 1. The van der Waals surface area contributed by atoms with Crippen molar-refractivity contribution in [3.63, 3.8) is 0 Å². The molecule has 0 unspecified atom stereocenters. The normalized spacial score (nSPS) is 18.3. The van der Waals surface area contributed by atoms with E-state index in [1.54, 1.807) is 23.7 Å². The quantitative estimate of drug-likeness (QED) is 0.850. The van der Waals surface area contributed by atoms with Crippen LogP contribution in [0.15, 0.2) is 28.5 Å². The van der Waals surface area contributed by atoms with Crippen molar-refractivity contribution in [2.75, 3.05) is 26.7 Å². The lowest BCUT2D eigenvalue weighted by molar-refractivity contribution is 0.0783. The molecular weight excluding hydrogens is 298 g/mol. The van der Waals surface area contributed by atoms with E-state index >= 15 is 0 Å². The van der Waals surface area contributed by atoms with Crippen LogP contribution >= 0.6 is 11.3 Å². The van der Waals surface area contributed by atoms with Crippen LogP contribution in [0.2, 0.25) is 0 Å². The first-order valence-electron chi connectivity index (χ1n) is 7.52. The van der Waals surface area contributed by atoms with Crippen LogP contribution in [0.3, 0.4) is 0 Å². The summed E-state index contributed by atoms with van der Waals surface area (Å²) in [6, 6.07) is 1.73. The molecule has 0 N–H and O–H groups in total. The first-order valence-corrected chi connectivity index (χ1v) is 8.40. The minimum Gasteiger partial charge on any atom is -0.472 e. The largest absolute Gasteiger partial charge is 0.472 e. The highest BCUT2D eigenvalue weighted by atomic mass is 32.1. The van der Waals surface area contributed by atoms with Crippen molar-refractivity contribution in [3.05, 3.63) is 40.2 Å². The van der Waals surface area contributed by atoms with Gasteiger partial charge in [-0.15, -0.1) is 11.3 Å². The van der Waals surface area contributed by atoms with Gasteiger partial charge in [0.25, 0.3) is 5.91 Å². The van der Waals surface area contributed by atoms with Gasteiger partial charge in [0.15, 0.2) is 0 Å². The van der Waals surface area contributed by atoms with Crippen LogP contribution in [0.25, 0.3) is 0 Å². The summed E-state index contributed by atoms with van der Waals surface area (Å²) in [6.45, 7) is 5.66. The van der Waals surface area contributed by atoms with Crippen molar-refractivity contribution in [3.8, 4) is 0 Å². The molecule has 3 rings (SSSR count). The highest BCUT2D eigenvalue weighted by molar-refractivity contribution is 7.09. The Morgan fingerprint density at radius 2 is 2.45 bits per heavy atom. The number of rotatable bonds is 5. The lowest BCUT2D eigenvalue weighted by Crippen LogP contribution is -2.31. The standard InChI is InChI=1S/C16H21N3O2S/c1-12-15(22-11-17-12)9-18(2)7-13-3-5-19(8-13)16(20)14-4-6-21-10-14/h4,6,10-11,13H,3,5,7-9H2,1-2H3/t13-/m1/s1. The van der Waals surface area contributed by atoms with Gasteiger partial charge in [0.05, 0.1) is 23.0 Å². The molecule has 1 saturated heterocycles. The van der Waals surface area contributed by atoms with E-state index in [0.717, 1.165) is 38.3 Å². The van der Waals surface area contributed by atoms with Gasteiger partial charge >= 0.3 is 0 Å². The second-order valence-electron chi connectivity index (χ2n) is 5.98. The van der Waals surface area contributed by atoms with Crippen molar-refractivity contribution in [1.29, 1.82) is 0 Å². The summed E-state index contributed by atoms with van der Waals surface area (Å²) in [6.07, 6.45) is 4.13. The fraction of sp³-hybridized carbons (Fsp3) is 0.500. The van der Waals surface area contributed by atoms with Gasteiger partial charge in [-0.1, -0.05) is 0 Å². The molecule has 1 atom stereocenters. The summed E-state index contributed by atoms with van der Waals surface area (Å²) < 4.78 is 5.00. The number of nitrogens with zero attached hydrogens (tertiary/aromatic N) is 3. The van der Waals surface area contributed by atoms with Crippen molar-refractivity contribution in [2.24, 2.45) is 5.92 Å². The predicted molar refractivity (Wildman–Crippen MR) is 85.9 cm³/mol. The molecule has 1 aliphatic heterocycles. The Morgan fingerprint density at radius 3 is 3.14 bits per heavy atom. The zero-order valence-corrected chi connectivity index (χ0v) is 13.8. The van der Waals surface area contributed by atoms with E-state index in [-0.39, 0.29) is 5.91 Å². The van der Waals surface area contributed by atoms with E-state index in [0.29, 0.717) is 11.5 Å². The Balaban J connectivity index is 1.50. The number of aromatic nitrogens is 1. The first-order chi connectivity index (χ1) is 10.6. The zero-order chi connectivity index (χ0) is 15.5. The van der Waals surface area contributed by atoms with Gasteiger partial charge < -0.3 is 14.2 Å². The molecule has 0 aliphatic carbocycles. The topological polar surface area (TPSA) is 49.6 Å². The molecular formula is C16H21N3O2S. The van der Waals surface area contributed by atoms with Crippen molar-refractivity contribution in [2.45, 2.75) is 19.9 Å². The minimum absolute atomic E-state index is 0.0807. The van der Waals surface area contributed by atoms with Crippen LogP contribution in [0.4, 0.5) is 0 Å². The van der Waals surface area contributed by atoms with Gasteiger partial charge in [0.2, 0.25) is 0 Å². The fourth-order valence-electron chi connectivity index (χ4n) is 2.96. The summed E-state index contributed by atoms with van der Waals surface area (Å²) in [5.41, 5.74) is 3.67. The second kappa shape index (κ2) is 6.62. The van der Waals surface area contributed by atoms with Crippen LogP contribution in [-0.4, -0.2) is 47.4 Å². The second-order valence-corrected chi connectivity index (χ2v) is 6.91. The maximum Gasteiger partial charge on any atom is 0.257 e. The Labute approximate surface area is 134 Å². The van der Waals surface area contributed by atoms with E-state index in [9.17, 15) is 4.79 Å². The molecule has 0 spiro atoms. The molecule has 6 heteroatoms. The predicted octanol–water partition coefficient (Wildman–Crippen LogP) is 2.64. The molecule has 22 heavy (non-hydrogen) atoms. The van der Waals surface area contributed by atoms with Gasteiger partial charge in [-0.2, -0.15) is 0 Å². The average Bonchev–Trinajstić information content (AvgIpc) is 3.21. The maximum absolute atomic E-state index is 12.3. The highest BCUT2D eigenvalue weighted by Crippen LogP contribution is 2.21. The van der Waals surface area contributed by atoms with Gasteiger partial charge in [-0.3, -0.25) is 4.79 Å². The number of thiazole rings is 1. The lowest BCUT2D eigenvalue weighted by atomic mass is 10.1. The van der Waals surface area contributed by atoms with Crippen LogP contribution in [0.5, 0.6) is 0 Å². The monoisotopic (exact) mass is 319 g/mol. The molecule has 3 heterocycles. The molecule has 5 nitrogen and oxygen atoms in total. The smallest absolute Gasteiger partial charge is 0.257 e. The number of hydrogen-bond acceptors (Lipinski definition) is 5. The number of aryl methyl sites for hydroxylation is 1. The third-order valence-electron chi connectivity index (χ3n) is 4.17. The summed E-state index contributed by atoms with van der Waals surface area (Å²) in [4.78, 5) is 22.2. The Morgan fingerprint density at radius 1 is 1.59 bits per heavy atom. The van der Waals surface area contributed by atoms with Crippen molar-refractivity contribution in [1.82, 2.24) is 14.8 Å². The number of hydrogen-bond donors (Lipinski definition) is 0. The van der Waals surface area contributed by atoms with Crippen molar-refractivity contribution >= 4 is 17.2 Å². The number of amides is 1. The maximum atomic E-state index is 12.3. The van der Waals surface area contributed by atoms with Crippen molar-refractivity contribution < 1.29 is 9.21 Å². The summed E-state index contributed by atoms with van der Waals surface area (Å²) in [7, 11) is 2.14.